The summed E-state index contributed by atoms with van der Waals surface area (Å²) >= 11 is 11.7. The SMILES string of the molecule is CC(=O)N1CC(c2nnc(C(F)(F)c3ccc(Cl)c(Cl)c3)o2)C2(CCOCC2)C1. The molecule has 1 aromatic carbocycles. The number of benzene rings is 1. The molecule has 1 amide bonds. The molecule has 0 saturated carbocycles. The van der Waals surface area contributed by atoms with Gasteiger partial charge in [0.1, 0.15) is 0 Å². The Kier molecular flexibility index (Phi) is 5.29. The lowest BCUT2D eigenvalue weighted by molar-refractivity contribution is -0.128. The van der Waals surface area contributed by atoms with Crippen LogP contribution in [0.2, 0.25) is 10.0 Å². The fourth-order valence-corrected chi connectivity index (χ4v) is 4.45. The lowest BCUT2D eigenvalue weighted by atomic mass is 9.72. The summed E-state index contributed by atoms with van der Waals surface area (Å²) in [6.07, 6.45) is 1.39. The van der Waals surface area contributed by atoms with E-state index in [0.29, 0.717) is 39.1 Å². The van der Waals surface area contributed by atoms with Crippen molar-refractivity contribution in [2.45, 2.75) is 31.6 Å². The molecule has 2 aliphatic heterocycles. The van der Waals surface area contributed by atoms with Gasteiger partial charge in [0.2, 0.25) is 11.8 Å². The maximum Gasteiger partial charge on any atom is 0.349 e. The van der Waals surface area contributed by atoms with Gasteiger partial charge in [0.15, 0.2) is 0 Å². The van der Waals surface area contributed by atoms with Crippen LogP contribution in [0.3, 0.4) is 0 Å². The molecule has 6 nitrogen and oxygen atoms in total. The Morgan fingerprint density at radius 2 is 1.97 bits per heavy atom. The van der Waals surface area contributed by atoms with Crippen LogP contribution in [0, 0.1) is 5.41 Å². The third-order valence-corrected chi connectivity index (χ3v) is 6.61. The Bertz CT molecular complexity index is 931. The molecule has 0 radical (unpaired) electrons. The average Bonchev–Trinajstić information content (AvgIpc) is 3.30. The summed E-state index contributed by atoms with van der Waals surface area (Å²) in [6.45, 7) is 3.46. The third kappa shape index (κ3) is 3.62. The molecule has 1 atom stereocenters. The van der Waals surface area contributed by atoms with E-state index in [4.69, 9.17) is 32.4 Å². The number of likely N-dealkylation sites (tertiary alicyclic amines) is 1. The number of ether oxygens (including phenoxy) is 1. The monoisotopic (exact) mass is 445 g/mol. The molecule has 1 unspecified atom stereocenters. The van der Waals surface area contributed by atoms with Crippen LogP contribution in [0.1, 0.15) is 43.0 Å². The van der Waals surface area contributed by atoms with E-state index >= 15 is 0 Å². The van der Waals surface area contributed by atoms with Crippen molar-refractivity contribution in [2.24, 2.45) is 5.41 Å². The number of hydrogen-bond acceptors (Lipinski definition) is 5. The Hall–Kier alpha value is -1.77. The van der Waals surface area contributed by atoms with Crippen LogP contribution >= 0.6 is 23.2 Å². The number of aromatic nitrogens is 2. The summed E-state index contributed by atoms with van der Waals surface area (Å²) in [5.74, 6) is -4.61. The van der Waals surface area contributed by atoms with Gasteiger partial charge in [0, 0.05) is 44.2 Å². The first-order chi connectivity index (χ1) is 13.7. The van der Waals surface area contributed by atoms with E-state index in [0.717, 1.165) is 6.07 Å². The molecule has 3 heterocycles. The van der Waals surface area contributed by atoms with Gasteiger partial charge in [-0.2, -0.15) is 8.78 Å². The first-order valence-corrected chi connectivity index (χ1v) is 9.99. The van der Waals surface area contributed by atoms with E-state index in [2.05, 4.69) is 10.2 Å². The van der Waals surface area contributed by atoms with Crippen LogP contribution in [0.4, 0.5) is 8.78 Å². The van der Waals surface area contributed by atoms with Crippen molar-refractivity contribution >= 4 is 29.1 Å². The van der Waals surface area contributed by atoms with Crippen LogP contribution in [-0.2, 0) is 15.5 Å². The molecule has 1 aromatic heterocycles. The summed E-state index contributed by atoms with van der Waals surface area (Å²) in [5.41, 5.74) is -0.702. The van der Waals surface area contributed by atoms with E-state index < -0.39 is 11.8 Å². The predicted octanol–water partition coefficient (Wildman–Crippen LogP) is 4.26. The van der Waals surface area contributed by atoms with Crippen molar-refractivity contribution in [1.29, 1.82) is 0 Å². The van der Waals surface area contributed by atoms with Crippen molar-refractivity contribution in [3.8, 4) is 0 Å². The van der Waals surface area contributed by atoms with Gasteiger partial charge in [-0.3, -0.25) is 4.79 Å². The van der Waals surface area contributed by atoms with Gasteiger partial charge in [-0.05, 0) is 25.0 Å². The van der Waals surface area contributed by atoms with Gasteiger partial charge in [-0.1, -0.05) is 29.3 Å². The summed E-state index contributed by atoms with van der Waals surface area (Å²) in [6, 6.07) is 3.55. The zero-order valence-corrected chi connectivity index (χ0v) is 17.1. The Morgan fingerprint density at radius 3 is 2.62 bits per heavy atom. The highest BCUT2D eigenvalue weighted by atomic mass is 35.5. The predicted molar refractivity (Wildman–Crippen MR) is 101 cm³/mol. The topological polar surface area (TPSA) is 68.5 Å². The van der Waals surface area contributed by atoms with Crippen LogP contribution in [0.15, 0.2) is 22.6 Å². The minimum absolute atomic E-state index is 0.0117. The van der Waals surface area contributed by atoms with Gasteiger partial charge < -0.3 is 14.1 Å². The molecule has 29 heavy (non-hydrogen) atoms. The normalized spacial score (nSPS) is 21.7. The highest BCUT2D eigenvalue weighted by molar-refractivity contribution is 6.42. The molecule has 4 rings (SSSR count). The van der Waals surface area contributed by atoms with Crippen molar-refractivity contribution in [2.75, 3.05) is 26.3 Å². The zero-order chi connectivity index (χ0) is 20.8. The van der Waals surface area contributed by atoms with Crippen LogP contribution < -0.4 is 0 Å². The van der Waals surface area contributed by atoms with Gasteiger partial charge in [0.25, 0.3) is 5.89 Å². The second kappa shape index (κ2) is 7.49. The lowest BCUT2D eigenvalue weighted by Gasteiger charge is -2.36. The number of alkyl halides is 2. The largest absolute Gasteiger partial charge is 0.419 e. The molecule has 0 aliphatic carbocycles. The minimum atomic E-state index is -3.53. The number of rotatable bonds is 3. The van der Waals surface area contributed by atoms with Crippen molar-refractivity contribution in [3.63, 3.8) is 0 Å². The van der Waals surface area contributed by atoms with Crippen molar-refractivity contribution in [3.05, 3.63) is 45.6 Å². The standard InChI is InChI=1S/C19H19Cl2F2N3O3/c1-11(27)26-9-13(18(10-26)4-6-28-7-5-18)16-24-25-17(29-16)19(22,23)12-2-3-14(20)15(21)8-12/h2-3,8,13H,4-7,9-10H2,1H3. The van der Waals surface area contributed by atoms with Gasteiger partial charge in [0.05, 0.1) is 16.0 Å². The molecule has 10 heteroatoms. The fourth-order valence-electron chi connectivity index (χ4n) is 4.15. The molecule has 1 spiro atoms. The summed E-state index contributed by atoms with van der Waals surface area (Å²) in [4.78, 5) is 13.6. The Balaban J connectivity index is 1.66. The highest BCUT2D eigenvalue weighted by Gasteiger charge is 2.52. The van der Waals surface area contributed by atoms with E-state index in [1.165, 1.54) is 19.1 Å². The quantitative estimate of drug-likeness (QED) is 0.705. The first kappa shape index (κ1) is 20.5. The maximum atomic E-state index is 15.0. The smallest absolute Gasteiger partial charge is 0.349 e. The number of carbonyl (C=O) groups excluding carboxylic acids is 1. The van der Waals surface area contributed by atoms with E-state index in [1.807, 2.05) is 0 Å². The molecule has 2 fully saturated rings. The van der Waals surface area contributed by atoms with Crippen LogP contribution in [0.25, 0.3) is 0 Å². The minimum Gasteiger partial charge on any atom is -0.419 e. The molecule has 2 saturated heterocycles. The molecule has 2 aliphatic rings. The second-order valence-electron chi connectivity index (χ2n) is 7.58. The second-order valence-corrected chi connectivity index (χ2v) is 8.39. The number of hydrogen-bond donors (Lipinski definition) is 0. The number of amides is 1. The van der Waals surface area contributed by atoms with E-state index in [1.54, 1.807) is 4.90 Å². The zero-order valence-electron chi connectivity index (χ0n) is 15.6. The summed E-state index contributed by atoms with van der Waals surface area (Å²) in [5, 5.41) is 7.76. The molecular formula is C19H19Cl2F2N3O3. The Morgan fingerprint density at radius 1 is 1.24 bits per heavy atom. The fraction of sp³-hybridized carbons (Fsp3) is 0.526. The molecular weight excluding hydrogens is 427 g/mol. The van der Waals surface area contributed by atoms with Crippen molar-refractivity contribution in [1.82, 2.24) is 15.1 Å². The molecule has 0 bridgehead atoms. The van der Waals surface area contributed by atoms with E-state index in [9.17, 15) is 13.6 Å². The highest BCUT2D eigenvalue weighted by Crippen LogP contribution is 2.49. The first-order valence-electron chi connectivity index (χ1n) is 9.23. The van der Waals surface area contributed by atoms with Gasteiger partial charge in [-0.15, -0.1) is 10.2 Å². The maximum absolute atomic E-state index is 15.0. The average molecular weight is 446 g/mol. The summed E-state index contributed by atoms with van der Waals surface area (Å²) in [7, 11) is 0. The lowest BCUT2D eigenvalue weighted by Crippen LogP contribution is -2.36. The van der Waals surface area contributed by atoms with Gasteiger partial charge in [-0.25, -0.2) is 0 Å². The van der Waals surface area contributed by atoms with Gasteiger partial charge >= 0.3 is 5.92 Å². The number of nitrogens with zero attached hydrogens (tertiary/aromatic N) is 3. The summed E-state index contributed by atoms with van der Waals surface area (Å²) < 4.78 is 40.9. The number of halogens is 4. The molecule has 2 aromatic rings. The van der Waals surface area contributed by atoms with E-state index in [-0.39, 0.29) is 38.7 Å². The molecule has 156 valence electrons. The Labute approximate surface area is 176 Å². The number of carbonyl (C=O) groups is 1. The van der Waals surface area contributed by atoms with Crippen molar-refractivity contribution < 1.29 is 22.7 Å². The van der Waals surface area contributed by atoms with Crippen LogP contribution in [-0.4, -0.2) is 47.3 Å². The molecule has 0 N–H and O–H groups in total. The van der Waals surface area contributed by atoms with Crippen LogP contribution in [0.5, 0.6) is 0 Å². The third-order valence-electron chi connectivity index (χ3n) is 5.87.